The minimum absolute atomic E-state index is 0.0451. The molecule has 2 aliphatic rings. The first-order valence-electron chi connectivity index (χ1n) is 6.72. The van der Waals surface area contributed by atoms with E-state index in [0.29, 0.717) is 0 Å². The maximum absolute atomic E-state index is 9.69. The molecule has 1 aromatic carbocycles. The molecule has 3 heteroatoms. The van der Waals surface area contributed by atoms with Gasteiger partial charge >= 0.3 is 0 Å². The highest BCUT2D eigenvalue weighted by atomic mass is 16.3. The minimum Gasteiger partial charge on any atom is -0.396 e. The van der Waals surface area contributed by atoms with E-state index in [-0.39, 0.29) is 24.0 Å². The summed E-state index contributed by atoms with van der Waals surface area (Å²) in [7, 11) is 0. The summed E-state index contributed by atoms with van der Waals surface area (Å²) >= 11 is 0. The van der Waals surface area contributed by atoms with Gasteiger partial charge in [0.05, 0.1) is 13.2 Å². The largest absolute Gasteiger partial charge is 0.396 e. The molecule has 3 nitrogen and oxygen atoms in total. The predicted octanol–water partition coefficient (Wildman–Crippen LogP) is 1.25. The molecule has 98 valence electrons. The van der Waals surface area contributed by atoms with Gasteiger partial charge in [0.15, 0.2) is 0 Å². The summed E-state index contributed by atoms with van der Waals surface area (Å²) in [4.78, 5) is 2.38. The van der Waals surface area contributed by atoms with Crippen LogP contribution in [0.4, 0.5) is 0 Å². The minimum atomic E-state index is -0.0451. The Morgan fingerprint density at radius 1 is 0.944 bits per heavy atom. The fraction of sp³-hybridized carbons (Fsp3) is 0.600. The van der Waals surface area contributed by atoms with E-state index in [1.807, 2.05) is 6.07 Å². The maximum atomic E-state index is 9.69. The molecule has 2 atom stereocenters. The zero-order chi connectivity index (χ0) is 12.6. The lowest BCUT2D eigenvalue weighted by Crippen LogP contribution is -2.54. The Labute approximate surface area is 108 Å². The molecule has 18 heavy (non-hydrogen) atoms. The molecule has 1 saturated carbocycles. The highest BCUT2D eigenvalue weighted by Crippen LogP contribution is 2.61. The van der Waals surface area contributed by atoms with Gasteiger partial charge < -0.3 is 10.2 Å². The van der Waals surface area contributed by atoms with E-state index in [1.54, 1.807) is 0 Å². The van der Waals surface area contributed by atoms with Crippen LogP contribution in [0.2, 0.25) is 0 Å². The van der Waals surface area contributed by atoms with Crippen molar-refractivity contribution in [3.8, 4) is 0 Å². The number of benzene rings is 1. The number of rotatable bonds is 4. The molecule has 1 aromatic rings. The van der Waals surface area contributed by atoms with E-state index in [0.717, 1.165) is 32.5 Å². The average Bonchev–Trinajstić information content (AvgIpc) is 2.61. The van der Waals surface area contributed by atoms with E-state index >= 15 is 0 Å². The molecule has 3 rings (SSSR count). The van der Waals surface area contributed by atoms with Crippen LogP contribution in [0.5, 0.6) is 0 Å². The first-order valence-corrected chi connectivity index (χ1v) is 6.72. The first-order chi connectivity index (χ1) is 8.74. The van der Waals surface area contributed by atoms with Crippen molar-refractivity contribution < 1.29 is 10.2 Å². The van der Waals surface area contributed by atoms with E-state index in [2.05, 4.69) is 29.2 Å². The Morgan fingerprint density at radius 2 is 1.50 bits per heavy atom. The SMILES string of the molecule is OCC12CCC1(CO)CN(Cc1ccccc1)C2. The topological polar surface area (TPSA) is 43.7 Å². The Bertz CT molecular complexity index is 394. The van der Waals surface area contributed by atoms with Crippen LogP contribution in [0.25, 0.3) is 0 Å². The second-order valence-corrected chi connectivity index (χ2v) is 6.01. The highest BCUT2D eigenvalue weighted by molar-refractivity contribution is 5.18. The molecule has 1 saturated heterocycles. The van der Waals surface area contributed by atoms with Crippen molar-refractivity contribution in [3.63, 3.8) is 0 Å². The molecule has 1 heterocycles. The Hall–Kier alpha value is -0.900. The Kier molecular flexibility index (Phi) is 2.93. The van der Waals surface area contributed by atoms with Gasteiger partial charge in [0.25, 0.3) is 0 Å². The highest BCUT2D eigenvalue weighted by Gasteiger charge is 2.63. The number of hydrogen-bond acceptors (Lipinski definition) is 3. The molecular formula is C15H21NO2. The van der Waals surface area contributed by atoms with Gasteiger partial charge in [0.1, 0.15) is 0 Å². The Balaban J connectivity index is 1.74. The molecule has 2 fully saturated rings. The molecule has 2 N–H and O–H groups in total. The smallest absolute Gasteiger partial charge is 0.0506 e. The Morgan fingerprint density at radius 3 is 1.94 bits per heavy atom. The van der Waals surface area contributed by atoms with Crippen molar-refractivity contribution in [1.82, 2.24) is 4.90 Å². The number of likely N-dealkylation sites (tertiary alicyclic amines) is 1. The van der Waals surface area contributed by atoms with E-state index in [4.69, 9.17) is 0 Å². The lowest BCUT2D eigenvalue weighted by Gasteiger charge is -2.53. The van der Waals surface area contributed by atoms with E-state index in [9.17, 15) is 10.2 Å². The predicted molar refractivity (Wildman–Crippen MR) is 70.0 cm³/mol. The van der Waals surface area contributed by atoms with Gasteiger partial charge in [-0.05, 0) is 18.4 Å². The monoisotopic (exact) mass is 247 g/mol. The lowest BCUT2D eigenvalue weighted by molar-refractivity contribution is -0.101. The summed E-state index contributed by atoms with van der Waals surface area (Å²) in [5, 5.41) is 19.4. The summed E-state index contributed by atoms with van der Waals surface area (Å²) in [6, 6.07) is 10.4. The number of aliphatic hydroxyl groups excluding tert-OH is 2. The average molecular weight is 247 g/mol. The van der Waals surface area contributed by atoms with Gasteiger partial charge in [0.2, 0.25) is 0 Å². The molecular weight excluding hydrogens is 226 g/mol. The number of fused-ring (bicyclic) bond motifs is 1. The normalized spacial score (nSPS) is 35.2. The first kappa shape index (κ1) is 12.2. The third kappa shape index (κ3) is 1.62. The zero-order valence-electron chi connectivity index (χ0n) is 10.7. The number of nitrogens with zero attached hydrogens (tertiary/aromatic N) is 1. The van der Waals surface area contributed by atoms with Gasteiger partial charge in [-0.1, -0.05) is 30.3 Å². The van der Waals surface area contributed by atoms with E-state index < -0.39 is 0 Å². The van der Waals surface area contributed by atoms with Crippen molar-refractivity contribution in [2.75, 3.05) is 26.3 Å². The molecule has 0 amide bonds. The van der Waals surface area contributed by atoms with Crippen LogP contribution < -0.4 is 0 Å². The molecule has 0 bridgehead atoms. The van der Waals surface area contributed by atoms with Crippen molar-refractivity contribution in [3.05, 3.63) is 35.9 Å². The molecule has 1 aliphatic heterocycles. The van der Waals surface area contributed by atoms with Crippen molar-refractivity contribution in [2.24, 2.45) is 10.8 Å². The standard InChI is InChI=1S/C15H21NO2/c17-11-14-6-7-15(14,12-18)10-16(9-14)8-13-4-2-1-3-5-13/h1-5,17-18H,6-12H2. The van der Waals surface area contributed by atoms with Gasteiger partial charge in [-0.3, -0.25) is 4.90 Å². The third-order valence-corrected chi connectivity index (χ3v) is 5.11. The summed E-state index contributed by atoms with van der Waals surface area (Å²) < 4.78 is 0. The molecule has 2 unspecified atom stereocenters. The number of hydrogen-bond donors (Lipinski definition) is 2. The van der Waals surface area contributed by atoms with Crippen LogP contribution in [-0.2, 0) is 6.54 Å². The van der Waals surface area contributed by atoms with Crippen LogP contribution >= 0.6 is 0 Å². The summed E-state index contributed by atoms with van der Waals surface area (Å²) in [5.41, 5.74) is 1.22. The van der Waals surface area contributed by atoms with Gasteiger partial charge in [-0.15, -0.1) is 0 Å². The van der Waals surface area contributed by atoms with Gasteiger partial charge in [0, 0.05) is 30.5 Å². The summed E-state index contributed by atoms with van der Waals surface area (Å²) in [5.74, 6) is 0. The zero-order valence-corrected chi connectivity index (χ0v) is 10.7. The van der Waals surface area contributed by atoms with Crippen LogP contribution in [-0.4, -0.2) is 41.4 Å². The molecule has 0 spiro atoms. The summed E-state index contributed by atoms with van der Waals surface area (Å²) in [6.45, 7) is 3.17. The molecule has 1 aliphatic carbocycles. The fourth-order valence-corrected chi connectivity index (χ4v) is 3.78. The van der Waals surface area contributed by atoms with Crippen LogP contribution in [0.1, 0.15) is 18.4 Å². The van der Waals surface area contributed by atoms with Crippen LogP contribution in [0.3, 0.4) is 0 Å². The van der Waals surface area contributed by atoms with Crippen molar-refractivity contribution in [1.29, 1.82) is 0 Å². The lowest BCUT2D eigenvalue weighted by atomic mass is 9.52. The third-order valence-electron chi connectivity index (χ3n) is 5.11. The molecule has 0 radical (unpaired) electrons. The molecule has 0 aromatic heterocycles. The summed E-state index contributed by atoms with van der Waals surface area (Å²) in [6.07, 6.45) is 2.10. The quantitative estimate of drug-likeness (QED) is 0.841. The fourth-order valence-electron chi connectivity index (χ4n) is 3.78. The van der Waals surface area contributed by atoms with Crippen molar-refractivity contribution in [2.45, 2.75) is 19.4 Å². The second-order valence-electron chi connectivity index (χ2n) is 6.01. The van der Waals surface area contributed by atoms with Crippen LogP contribution in [0, 0.1) is 10.8 Å². The van der Waals surface area contributed by atoms with Crippen LogP contribution in [0.15, 0.2) is 30.3 Å². The van der Waals surface area contributed by atoms with E-state index in [1.165, 1.54) is 5.56 Å². The van der Waals surface area contributed by atoms with Crippen molar-refractivity contribution >= 4 is 0 Å². The van der Waals surface area contributed by atoms with Gasteiger partial charge in [-0.2, -0.15) is 0 Å². The van der Waals surface area contributed by atoms with Gasteiger partial charge in [-0.25, -0.2) is 0 Å². The maximum Gasteiger partial charge on any atom is 0.0506 e. The second kappa shape index (κ2) is 4.34. The number of aliphatic hydroxyl groups is 2.